The van der Waals surface area contributed by atoms with E-state index in [2.05, 4.69) is 31.2 Å². The molecule has 2 heterocycles. The zero-order chi connectivity index (χ0) is 25.0. The van der Waals surface area contributed by atoms with Crippen LogP contribution in [0.25, 0.3) is 11.1 Å². The van der Waals surface area contributed by atoms with Gasteiger partial charge in [-0.15, -0.1) is 0 Å². The lowest BCUT2D eigenvalue weighted by atomic mass is 9.97. The predicted molar refractivity (Wildman–Crippen MR) is 135 cm³/mol. The number of amides is 1. The average Bonchev–Trinajstić information content (AvgIpc) is 2.85. The summed E-state index contributed by atoms with van der Waals surface area (Å²) in [6, 6.07) is 18.0. The van der Waals surface area contributed by atoms with Gasteiger partial charge in [-0.1, -0.05) is 42.5 Å². The van der Waals surface area contributed by atoms with Crippen molar-refractivity contribution in [2.24, 2.45) is 5.14 Å². The molecule has 35 heavy (non-hydrogen) atoms. The summed E-state index contributed by atoms with van der Waals surface area (Å²) in [5.41, 5.74) is 2.26. The summed E-state index contributed by atoms with van der Waals surface area (Å²) in [5, 5.41) is 8.03. The number of aromatic nitrogens is 2. The van der Waals surface area contributed by atoms with Gasteiger partial charge < -0.3 is 5.32 Å². The standard InChI is InChI=1S/C25H19BrN4O4S/c26-19-9-10-24(29-14-19)30-25(32)21-15-28-12-11-18(21)13-22(31)17-7-5-16(6-8-17)20-3-1-2-4-23(20)35(27,33)34/h1-12,14-15H,13H2,(H2,27,33,34)(H,29,30,32). The summed E-state index contributed by atoms with van der Waals surface area (Å²) < 4.78 is 24.6. The normalized spacial score (nSPS) is 11.1. The van der Waals surface area contributed by atoms with E-state index in [1.807, 2.05) is 0 Å². The molecule has 0 fully saturated rings. The highest BCUT2D eigenvalue weighted by Gasteiger charge is 2.18. The molecule has 0 unspecified atom stereocenters. The molecule has 0 aliphatic rings. The number of sulfonamides is 1. The van der Waals surface area contributed by atoms with Crippen LogP contribution in [0.5, 0.6) is 0 Å². The second-order valence-corrected chi connectivity index (χ2v) is 10.0. The highest BCUT2D eigenvalue weighted by atomic mass is 79.9. The molecule has 10 heteroatoms. The Kier molecular flexibility index (Phi) is 7.15. The van der Waals surface area contributed by atoms with Gasteiger partial charge in [-0.25, -0.2) is 18.5 Å². The van der Waals surface area contributed by atoms with Gasteiger partial charge in [-0.05, 0) is 51.3 Å². The first-order valence-corrected chi connectivity index (χ1v) is 12.7. The predicted octanol–water partition coefficient (Wildman–Crippen LogP) is 4.23. The third-order valence-electron chi connectivity index (χ3n) is 5.19. The highest BCUT2D eigenvalue weighted by molar-refractivity contribution is 9.10. The number of hydrogen-bond acceptors (Lipinski definition) is 6. The Morgan fingerprint density at radius 2 is 1.69 bits per heavy atom. The smallest absolute Gasteiger partial charge is 0.258 e. The Labute approximate surface area is 210 Å². The third kappa shape index (κ3) is 5.86. The first kappa shape index (κ1) is 24.4. The van der Waals surface area contributed by atoms with Crippen molar-refractivity contribution >= 4 is 43.5 Å². The number of halogens is 1. The number of nitrogens with one attached hydrogen (secondary N) is 1. The van der Waals surface area contributed by atoms with Gasteiger partial charge in [0.25, 0.3) is 5.91 Å². The summed E-state index contributed by atoms with van der Waals surface area (Å²) in [6.07, 6.45) is 4.47. The summed E-state index contributed by atoms with van der Waals surface area (Å²) in [5.74, 6) is -0.265. The minimum Gasteiger partial charge on any atom is -0.307 e. The molecule has 0 aliphatic heterocycles. The maximum Gasteiger partial charge on any atom is 0.258 e. The Balaban J connectivity index is 1.53. The van der Waals surface area contributed by atoms with Crippen molar-refractivity contribution in [3.05, 3.63) is 106 Å². The average molecular weight is 551 g/mol. The van der Waals surface area contributed by atoms with Gasteiger partial charge in [-0.3, -0.25) is 14.6 Å². The third-order valence-corrected chi connectivity index (χ3v) is 6.63. The molecule has 2 aromatic carbocycles. The van der Waals surface area contributed by atoms with Gasteiger partial charge in [0.2, 0.25) is 10.0 Å². The fraction of sp³-hybridized carbons (Fsp3) is 0.0400. The first-order valence-electron chi connectivity index (χ1n) is 10.3. The lowest BCUT2D eigenvalue weighted by Crippen LogP contribution is -2.17. The van der Waals surface area contributed by atoms with Crippen LogP contribution in [0.3, 0.4) is 0 Å². The van der Waals surface area contributed by atoms with Crippen LogP contribution in [0.4, 0.5) is 5.82 Å². The van der Waals surface area contributed by atoms with Gasteiger partial charge >= 0.3 is 0 Å². The zero-order valence-corrected chi connectivity index (χ0v) is 20.6. The SMILES string of the molecule is NS(=O)(=O)c1ccccc1-c1ccc(C(=O)Cc2ccncc2C(=O)Nc2ccc(Br)cn2)cc1. The van der Waals surface area contributed by atoms with Crippen LogP contribution in [0.15, 0.2) is 94.7 Å². The molecular formula is C25H19BrN4O4S. The van der Waals surface area contributed by atoms with Crippen LogP contribution in [0.2, 0.25) is 0 Å². The van der Waals surface area contributed by atoms with Crippen LogP contribution in [0, 0.1) is 0 Å². The summed E-state index contributed by atoms with van der Waals surface area (Å²) in [7, 11) is -3.90. The number of benzene rings is 2. The fourth-order valence-corrected chi connectivity index (χ4v) is 4.47. The maximum atomic E-state index is 13.0. The van der Waals surface area contributed by atoms with E-state index in [0.29, 0.717) is 28.1 Å². The molecule has 4 rings (SSSR count). The lowest BCUT2D eigenvalue weighted by molar-refractivity contribution is 0.0992. The molecule has 0 radical (unpaired) electrons. The van der Waals surface area contributed by atoms with E-state index in [9.17, 15) is 18.0 Å². The van der Waals surface area contributed by atoms with Gasteiger partial charge in [0.1, 0.15) is 5.82 Å². The number of primary sulfonamides is 1. The minimum atomic E-state index is -3.90. The summed E-state index contributed by atoms with van der Waals surface area (Å²) in [6.45, 7) is 0. The Morgan fingerprint density at radius 1 is 0.943 bits per heavy atom. The molecule has 3 N–H and O–H groups in total. The number of pyridine rings is 2. The molecule has 8 nitrogen and oxygen atoms in total. The number of carbonyl (C=O) groups excluding carboxylic acids is 2. The molecular weight excluding hydrogens is 532 g/mol. The van der Waals surface area contributed by atoms with Crippen molar-refractivity contribution in [3.63, 3.8) is 0 Å². The molecule has 0 saturated carbocycles. The monoisotopic (exact) mass is 550 g/mol. The van der Waals surface area contributed by atoms with E-state index in [1.165, 1.54) is 18.5 Å². The number of hydrogen-bond donors (Lipinski definition) is 2. The Morgan fingerprint density at radius 3 is 2.37 bits per heavy atom. The van der Waals surface area contributed by atoms with Crippen LogP contribution >= 0.6 is 15.9 Å². The maximum absolute atomic E-state index is 13.0. The topological polar surface area (TPSA) is 132 Å². The number of anilines is 1. The van der Waals surface area contributed by atoms with E-state index >= 15 is 0 Å². The van der Waals surface area contributed by atoms with Crippen molar-refractivity contribution in [2.45, 2.75) is 11.3 Å². The highest BCUT2D eigenvalue weighted by Crippen LogP contribution is 2.27. The van der Waals surface area contributed by atoms with Gasteiger partial charge in [0, 0.05) is 40.6 Å². The lowest BCUT2D eigenvalue weighted by Gasteiger charge is -2.10. The van der Waals surface area contributed by atoms with Crippen LogP contribution in [0.1, 0.15) is 26.3 Å². The largest absolute Gasteiger partial charge is 0.307 e. The van der Waals surface area contributed by atoms with Crippen LogP contribution in [-0.2, 0) is 16.4 Å². The van der Waals surface area contributed by atoms with Crippen LogP contribution < -0.4 is 10.5 Å². The molecule has 0 saturated heterocycles. The van der Waals surface area contributed by atoms with Gasteiger partial charge in [0.05, 0.1) is 10.5 Å². The van der Waals surface area contributed by atoms with Crippen molar-refractivity contribution in [1.82, 2.24) is 9.97 Å². The number of rotatable bonds is 7. The fourth-order valence-electron chi connectivity index (χ4n) is 3.48. The summed E-state index contributed by atoms with van der Waals surface area (Å²) >= 11 is 3.29. The zero-order valence-electron chi connectivity index (χ0n) is 18.2. The Hall–Kier alpha value is -3.73. The Bertz CT molecular complexity index is 1510. The molecule has 4 aromatic rings. The number of carbonyl (C=O) groups is 2. The molecule has 0 bridgehead atoms. The van der Waals surface area contributed by atoms with Crippen molar-refractivity contribution in [3.8, 4) is 11.1 Å². The van der Waals surface area contributed by atoms with Gasteiger partial charge in [-0.2, -0.15) is 0 Å². The van der Waals surface area contributed by atoms with E-state index < -0.39 is 15.9 Å². The van der Waals surface area contributed by atoms with Crippen molar-refractivity contribution in [2.75, 3.05) is 5.32 Å². The van der Waals surface area contributed by atoms with Crippen LogP contribution in [-0.4, -0.2) is 30.1 Å². The number of ketones is 1. The van der Waals surface area contributed by atoms with Crippen molar-refractivity contribution < 1.29 is 18.0 Å². The molecule has 0 atom stereocenters. The molecule has 0 spiro atoms. The second kappa shape index (κ2) is 10.3. The number of nitrogens with zero attached hydrogens (tertiary/aromatic N) is 2. The van der Waals surface area contributed by atoms with E-state index in [0.717, 1.165) is 4.47 Å². The van der Waals surface area contributed by atoms with Gasteiger partial charge in [0.15, 0.2) is 5.78 Å². The molecule has 0 aliphatic carbocycles. The van der Waals surface area contributed by atoms with Crippen molar-refractivity contribution in [1.29, 1.82) is 0 Å². The molecule has 176 valence electrons. The van der Waals surface area contributed by atoms with E-state index in [4.69, 9.17) is 5.14 Å². The second-order valence-electron chi connectivity index (χ2n) is 7.57. The molecule has 2 aromatic heterocycles. The number of Topliss-reactive ketones (excluding diaryl/α,β-unsaturated/α-hetero) is 1. The van der Waals surface area contributed by atoms with E-state index in [-0.39, 0.29) is 22.7 Å². The number of nitrogens with two attached hydrogens (primary N) is 1. The minimum absolute atomic E-state index is 0.00628. The first-order chi connectivity index (χ1) is 16.7. The summed E-state index contributed by atoms with van der Waals surface area (Å²) in [4.78, 5) is 33.9. The quantitative estimate of drug-likeness (QED) is 0.331. The molecule has 1 amide bonds. The van der Waals surface area contributed by atoms with E-state index in [1.54, 1.807) is 66.9 Å².